The Morgan fingerprint density at radius 1 is 1.26 bits per heavy atom. The molecule has 1 N–H and O–H groups in total. The lowest BCUT2D eigenvalue weighted by Crippen LogP contribution is -2.48. The zero-order valence-electron chi connectivity index (χ0n) is 18.9. The minimum absolute atomic E-state index is 0.0311. The molecular weight excluding hydrogens is 424 g/mol. The Morgan fingerprint density at radius 2 is 1.84 bits per heavy atom. The van der Waals surface area contributed by atoms with Crippen molar-refractivity contribution in [1.29, 1.82) is 5.41 Å². The molecule has 1 aromatic rings. The number of carbonyl (C=O) groups excluding carboxylic acids is 1. The van der Waals surface area contributed by atoms with Crippen LogP contribution < -0.4 is 0 Å². The average Bonchev–Trinajstić information content (AvgIpc) is 2.64. The van der Waals surface area contributed by atoms with E-state index >= 15 is 0 Å². The Hall–Kier alpha value is -1.87. The number of nitrogens with one attached hydrogen (secondary N) is 1. The molecule has 1 saturated heterocycles. The molecule has 0 saturated carbocycles. The van der Waals surface area contributed by atoms with Crippen LogP contribution in [0.1, 0.15) is 53.9 Å². The highest BCUT2D eigenvalue weighted by Gasteiger charge is 2.36. The third kappa shape index (κ3) is 6.10. The molecule has 1 heterocycles. The van der Waals surface area contributed by atoms with Crippen LogP contribution in [0.15, 0.2) is 23.1 Å². The smallest absolute Gasteiger partial charge is 0.245 e. The topological polar surface area (TPSA) is 81.5 Å². The largest absolute Gasteiger partial charge is 0.300 e. The van der Waals surface area contributed by atoms with E-state index in [4.69, 9.17) is 5.41 Å². The highest BCUT2D eigenvalue weighted by atomic mass is 32.2. The van der Waals surface area contributed by atoms with Gasteiger partial charge in [-0.05, 0) is 50.2 Å². The number of halogens is 2. The molecule has 0 aromatic heterocycles. The van der Waals surface area contributed by atoms with Crippen molar-refractivity contribution in [3.05, 3.63) is 29.8 Å². The summed E-state index contributed by atoms with van der Waals surface area (Å²) in [7, 11) is -4.06. The first-order chi connectivity index (χ1) is 14.3. The summed E-state index contributed by atoms with van der Waals surface area (Å²) in [6.07, 6.45) is 1.68. The summed E-state index contributed by atoms with van der Waals surface area (Å²) in [6.45, 7) is 10.2. The normalized spacial score (nSPS) is 16.5. The second-order valence-electron chi connectivity index (χ2n) is 9.41. The number of hydrogen-bond acceptors (Lipinski definition) is 4. The summed E-state index contributed by atoms with van der Waals surface area (Å²) >= 11 is 0. The number of amides is 1. The van der Waals surface area contributed by atoms with Gasteiger partial charge in [-0.25, -0.2) is 17.2 Å². The van der Waals surface area contributed by atoms with Crippen LogP contribution >= 0.6 is 0 Å². The van der Waals surface area contributed by atoms with Gasteiger partial charge in [0.15, 0.2) is 0 Å². The number of nitrogens with zero attached hydrogens (tertiary/aromatic N) is 2. The van der Waals surface area contributed by atoms with Gasteiger partial charge in [-0.3, -0.25) is 10.2 Å². The molecule has 0 spiro atoms. The predicted molar refractivity (Wildman–Crippen MR) is 116 cm³/mol. The van der Waals surface area contributed by atoms with Gasteiger partial charge in [-0.15, -0.1) is 0 Å². The number of carbonyl (C=O) groups is 1. The Morgan fingerprint density at radius 3 is 2.32 bits per heavy atom. The summed E-state index contributed by atoms with van der Waals surface area (Å²) in [5.74, 6) is -1.49. The maximum absolute atomic E-state index is 14.0. The van der Waals surface area contributed by atoms with Gasteiger partial charge < -0.3 is 4.90 Å². The van der Waals surface area contributed by atoms with E-state index in [1.165, 1.54) is 9.21 Å². The standard InChI is InChI=1S/C22H33F2N3O3S/c1-15(2)13-22(4,5)21(28)27(16(3)25)14-17-8-10-26(11-9-17)31(29,30)20-7-6-18(23)12-19(20)24/h6-7,12,15,17,25H,8-11,13-14H2,1-5H3. The van der Waals surface area contributed by atoms with Gasteiger partial charge in [0.2, 0.25) is 15.9 Å². The zero-order chi connectivity index (χ0) is 23.6. The lowest BCUT2D eigenvalue weighted by molar-refractivity contribution is -0.137. The first kappa shape index (κ1) is 25.4. The molecule has 1 aliphatic heterocycles. The van der Waals surface area contributed by atoms with E-state index in [0.717, 1.165) is 12.1 Å². The molecule has 0 aliphatic carbocycles. The van der Waals surface area contributed by atoms with E-state index in [2.05, 4.69) is 13.8 Å². The molecule has 31 heavy (non-hydrogen) atoms. The molecule has 9 heteroatoms. The van der Waals surface area contributed by atoms with E-state index in [0.29, 0.717) is 37.8 Å². The van der Waals surface area contributed by atoms with E-state index in [9.17, 15) is 22.0 Å². The first-order valence-corrected chi connectivity index (χ1v) is 12.0. The highest BCUT2D eigenvalue weighted by Crippen LogP contribution is 2.30. The van der Waals surface area contributed by atoms with Crippen LogP contribution in [0.2, 0.25) is 0 Å². The molecule has 1 aromatic carbocycles. The average molecular weight is 458 g/mol. The fraction of sp³-hybridized carbons (Fsp3) is 0.636. The van der Waals surface area contributed by atoms with E-state index in [1.54, 1.807) is 6.92 Å². The molecule has 1 amide bonds. The highest BCUT2D eigenvalue weighted by molar-refractivity contribution is 7.89. The molecule has 1 aliphatic rings. The monoisotopic (exact) mass is 457 g/mol. The van der Waals surface area contributed by atoms with E-state index in [-0.39, 0.29) is 30.8 Å². The number of hydrogen-bond donors (Lipinski definition) is 1. The fourth-order valence-electron chi connectivity index (χ4n) is 4.26. The van der Waals surface area contributed by atoms with Gasteiger partial charge in [0, 0.05) is 31.1 Å². The van der Waals surface area contributed by atoms with Crippen molar-refractivity contribution >= 4 is 21.8 Å². The van der Waals surface area contributed by atoms with Crippen molar-refractivity contribution < 1.29 is 22.0 Å². The summed E-state index contributed by atoms with van der Waals surface area (Å²) in [5, 5.41) is 8.08. The van der Waals surface area contributed by atoms with Gasteiger partial charge in [-0.2, -0.15) is 4.31 Å². The van der Waals surface area contributed by atoms with Crippen LogP contribution in [0.4, 0.5) is 8.78 Å². The van der Waals surface area contributed by atoms with Gasteiger partial charge in [0.25, 0.3) is 0 Å². The van der Waals surface area contributed by atoms with Crippen LogP contribution in [0.25, 0.3) is 0 Å². The SMILES string of the molecule is CC(=N)N(CC1CCN(S(=O)(=O)c2ccc(F)cc2F)CC1)C(=O)C(C)(C)CC(C)C. The lowest BCUT2D eigenvalue weighted by atomic mass is 9.82. The van der Waals surface area contributed by atoms with Crippen LogP contribution in [-0.2, 0) is 14.8 Å². The van der Waals surface area contributed by atoms with E-state index < -0.39 is 32.0 Å². The van der Waals surface area contributed by atoms with Gasteiger partial charge in [0.1, 0.15) is 16.5 Å². The van der Waals surface area contributed by atoms with Crippen LogP contribution in [0, 0.1) is 34.3 Å². The molecule has 1 fully saturated rings. The minimum Gasteiger partial charge on any atom is -0.300 e. The van der Waals surface area contributed by atoms with Crippen molar-refractivity contribution in [3.8, 4) is 0 Å². The van der Waals surface area contributed by atoms with Crippen molar-refractivity contribution in [2.75, 3.05) is 19.6 Å². The molecule has 174 valence electrons. The first-order valence-electron chi connectivity index (χ1n) is 10.6. The molecule has 6 nitrogen and oxygen atoms in total. The number of piperidine rings is 1. The summed E-state index contributed by atoms with van der Waals surface area (Å²) in [6, 6.07) is 2.44. The molecule has 0 radical (unpaired) electrons. The molecule has 0 bridgehead atoms. The minimum atomic E-state index is -4.06. The summed E-state index contributed by atoms with van der Waals surface area (Å²) < 4.78 is 53.9. The van der Waals surface area contributed by atoms with Crippen molar-refractivity contribution in [2.45, 2.75) is 58.8 Å². The number of amidine groups is 1. The third-order valence-corrected chi connectivity index (χ3v) is 7.61. The van der Waals surface area contributed by atoms with Gasteiger partial charge >= 0.3 is 0 Å². The Balaban J connectivity index is 2.07. The molecular formula is C22H33F2N3O3S. The Kier molecular flexibility index (Phi) is 7.97. The molecule has 0 atom stereocenters. The second kappa shape index (κ2) is 9.73. The van der Waals surface area contributed by atoms with Gasteiger partial charge in [-0.1, -0.05) is 27.7 Å². The number of rotatable bonds is 7. The zero-order valence-corrected chi connectivity index (χ0v) is 19.7. The Labute approximate surface area is 184 Å². The second-order valence-corrected chi connectivity index (χ2v) is 11.3. The predicted octanol–water partition coefficient (Wildman–Crippen LogP) is 4.26. The lowest BCUT2D eigenvalue weighted by Gasteiger charge is -2.37. The quantitative estimate of drug-likeness (QED) is 0.491. The van der Waals surface area contributed by atoms with Crippen molar-refractivity contribution in [1.82, 2.24) is 9.21 Å². The number of sulfonamides is 1. The fourth-order valence-corrected chi connectivity index (χ4v) is 5.77. The van der Waals surface area contributed by atoms with E-state index in [1.807, 2.05) is 13.8 Å². The summed E-state index contributed by atoms with van der Waals surface area (Å²) in [4.78, 5) is 14.1. The van der Waals surface area contributed by atoms with Crippen LogP contribution in [0.3, 0.4) is 0 Å². The summed E-state index contributed by atoms with van der Waals surface area (Å²) in [5.41, 5.74) is -0.597. The molecule has 0 unspecified atom stereocenters. The van der Waals surface area contributed by atoms with Crippen LogP contribution in [-0.4, -0.2) is 49.0 Å². The maximum atomic E-state index is 14.0. The number of benzene rings is 1. The van der Waals surface area contributed by atoms with Crippen molar-refractivity contribution in [2.24, 2.45) is 17.3 Å². The van der Waals surface area contributed by atoms with Gasteiger partial charge in [0.05, 0.1) is 5.84 Å². The van der Waals surface area contributed by atoms with Crippen LogP contribution in [0.5, 0.6) is 0 Å². The third-order valence-electron chi connectivity index (χ3n) is 5.67. The molecule has 2 rings (SSSR count). The van der Waals surface area contributed by atoms with Crippen molar-refractivity contribution in [3.63, 3.8) is 0 Å². The Bertz CT molecular complexity index is 924. The maximum Gasteiger partial charge on any atom is 0.245 e.